The molecule has 0 bridgehead atoms. The van der Waals surface area contributed by atoms with E-state index in [2.05, 4.69) is 4.72 Å². The minimum atomic E-state index is -3.84. The van der Waals surface area contributed by atoms with Crippen molar-refractivity contribution in [2.45, 2.75) is 4.90 Å². The van der Waals surface area contributed by atoms with Crippen molar-refractivity contribution in [3.8, 4) is 6.07 Å². The Balaban J connectivity index is 2.33. The maximum Gasteiger partial charge on any atom is 0.261 e. The molecular weight excluding hydrogens is 303 g/mol. The molecule has 0 heterocycles. The first kappa shape index (κ1) is 14.3. The summed E-state index contributed by atoms with van der Waals surface area (Å²) in [5.41, 5.74) is 0.416. The standard InChI is InChI=1S/C13H8ClFN2O2S/c14-13-7-12(6-1-9(13)8-16)20(18,19)17-11-4-2-10(15)3-5-11/h1-7,17H. The minimum Gasteiger partial charge on any atom is -0.280 e. The molecule has 0 aliphatic rings. The predicted molar refractivity (Wildman–Crippen MR) is 73.4 cm³/mol. The predicted octanol–water partition coefficient (Wildman–Crippen LogP) is 3.15. The van der Waals surface area contributed by atoms with Crippen LogP contribution in [0.3, 0.4) is 0 Å². The van der Waals surface area contributed by atoms with Gasteiger partial charge in [-0.1, -0.05) is 11.6 Å². The summed E-state index contributed by atoms with van der Waals surface area (Å²) >= 11 is 5.80. The Bertz CT molecular complexity index is 783. The molecule has 0 aromatic heterocycles. The number of halogens is 2. The highest BCUT2D eigenvalue weighted by atomic mass is 35.5. The molecule has 7 heteroatoms. The molecular formula is C13H8ClFN2O2S. The first-order chi connectivity index (χ1) is 9.42. The van der Waals surface area contributed by atoms with Crippen molar-refractivity contribution in [3.63, 3.8) is 0 Å². The Kier molecular flexibility index (Phi) is 3.93. The third-order valence-corrected chi connectivity index (χ3v) is 4.16. The highest BCUT2D eigenvalue weighted by molar-refractivity contribution is 7.92. The fourth-order valence-corrected chi connectivity index (χ4v) is 2.86. The lowest BCUT2D eigenvalue weighted by atomic mass is 10.2. The number of benzene rings is 2. The van der Waals surface area contributed by atoms with Crippen LogP contribution in [0.5, 0.6) is 0 Å². The van der Waals surface area contributed by atoms with Gasteiger partial charge in [-0.25, -0.2) is 12.8 Å². The van der Waals surface area contributed by atoms with Crippen molar-refractivity contribution in [1.82, 2.24) is 0 Å². The Morgan fingerprint density at radius 3 is 2.35 bits per heavy atom. The molecule has 0 aliphatic heterocycles. The number of nitrogens with one attached hydrogen (secondary N) is 1. The number of rotatable bonds is 3. The number of hydrogen-bond donors (Lipinski definition) is 1. The Morgan fingerprint density at radius 1 is 1.15 bits per heavy atom. The lowest BCUT2D eigenvalue weighted by Crippen LogP contribution is -2.13. The maximum absolute atomic E-state index is 12.8. The van der Waals surface area contributed by atoms with Gasteiger partial charge in [0.2, 0.25) is 0 Å². The van der Waals surface area contributed by atoms with Gasteiger partial charge in [0.05, 0.1) is 15.5 Å². The van der Waals surface area contributed by atoms with E-state index in [0.29, 0.717) is 0 Å². The number of nitrogens with zero attached hydrogens (tertiary/aromatic N) is 1. The number of sulfonamides is 1. The molecule has 0 radical (unpaired) electrons. The molecule has 0 unspecified atom stereocenters. The number of anilines is 1. The summed E-state index contributed by atoms with van der Waals surface area (Å²) in [6.45, 7) is 0. The van der Waals surface area contributed by atoms with Gasteiger partial charge in [-0.05, 0) is 42.5 Å². The summed E-state index contributed by atoms with van der Waals surface area (Å²) in [5, 5.41) is 8.79. The first-order valence-corrected chi connectivity index (χ1v) is 7.26. The van der Waals surface area contributed by atoms with E-state index in [-0.39, 0.29) is 21.2 Å². The molecule has 2 rings (SSSR count). The summed E-state index contributed by atoms with van der Waals surface area (Å²) in [5.74, 6) is -0.464. The second-order valence-corrected chi connectivity index (χ2v) is 5.96. The molecule has 0 aliphatic carbocycles. The molecule has 102 valence electrons. The van der Waals surface area contributed by atoms with E-state index < -0.39 is 15.8 Å². The van der Waals surface area contributed by atoms with Crippen LogP contribution in [0, 0.1) is 17.1 Å². The SMILES string of the molecule is N#Cc1ccc(S(=O)(=O)Nc2ccc(F)cc2)cc1Cl. The molecule has 0 fully saturated rings. The fourth-order valence-electron chi connectivity index (χ4n) is 1.49. The van der Waals surface area contributed by atoms with E-state index in [4.69, 9.17) is 16.9 Å². The zero-order valence-corrected chi connectivity index (χ0v) is 11.5. The summed E-state index contributed by atoms with van der Waals surface area (Å²) in [6.07, 6.45) is 0. The normalized spacial score (nSPS) is 10.8. The first-order valence-electron chi connectivity index (χ1n) is 5.40. The molecule has 0 spiro atoms. The molecule has 2 aromatic rings. The molecule has 2 aromatic carbocycles. The molecule has 20 heavy (non-hydrogen) atoms. The van der Waals surface area contributed by atoms with Crippen molar-refractivity contribution in [1.29, 1.82) is 5.26 Å². The van der Waals surface area contributed by atoms with Crippen LogP contribution < -0.4 is 4.72 Å². The van der Waals surface area contributed by atoms with Crippen molar-refractivity contribution < 1.29 is 12.8 Å². The highest BCUT2D eigenvalue weighted by Crippen LogP contribution is 2.22. The van der Waals surface area contributed by atoms with Crippen LogP contribution in [0.25, 0.3) is 0 Å². The van der Waals surface area contributed by atoms with E-state index in [1.165, 1.54) is 30.3 Å². The van der Waals surface area contributed by atoms with Crippen LogP contribution in [-0.2, 0) is 10.0 Å². The van der Waals surface area contributed by atoms with Crippen LogP contribution in [0.15, 0.2) is 47.4 Å². The third kappa shape index (κ3) is 3.07. The van der Waals surface area contributed by atoms with E-state index in [1.54, 1.807) is 0 Å². The van der Waals surface area contributed by atoms with Crippen LogP contribution in [-0.4, -0.2) is 8.42 Å². The monoisotopic (exact) mass is 310 g/mol. The topological polar surface area (TPSA) is 70.0 Å². The minimum absolute atomic E-state index is 0.0504. The van der Waals surface area contributed by atoms with E-state index in [9.17, 15) is 12.8 Å². The molecule has 0 atom stereocenters. The van der Waals surface area contributed by atoms with Crippen molar-refractivity contribution in [2.24, 2.45) is 0 Å². The van der Waals surface area contributed by atoms with Crippen LogP contribution in [0.1, 0.15) is 5.56 Å². The molecule has 0 saturated heterocycles. The smallest absolute Gasteiger partial charge is 0.261 e. The Labute approximate surface area is 120 Å². The zero-order chi connectivity index (χ0) is 14.8. The summed E-state index contributed by atoms with van der Waals surface area (Å²) in [7, 11) is -3.84. The van der Waals surface area contributed by atoms with Crippen LogP contribution in [0.2, 0.25) is 5.02 Å². The molecule has 0 saturated carbocycles. The van der Waals surface area contributed by atoms with Gasteiger partial charge in [0, 0.05) is 5.69 Å². The van der Waals surface area contributed by atoms with Gasteiger partial charge >= 0.3 is 0 Å². The van der Waals surface area contributed by atoms with Gasteiger partial charge in [-0.3, -0.25) is 4.72 Å². The van der Waals surface area contributed by atoms with Gasteiger partial charge in [-0.2, -0.15) is 5.26 Å². The van der Waals surface area contributed by atoms with Crippen molar-refractivity contribution in [3.05, 3.63) is 58.9 Å². The summed E-state index contributed by atoms with van der Waals surface area (Å²) < 4.78 is 39.2. The van der Waals surface area contributed by atoms with Crippen LogP contribution in [0.4, 0.5) is 10.1 Å². The number of hydrogen-bond acceptors (Lipinski definition) is 3. The fraction of sp³-hybridized carbons (Fsp3) is 0. The maximum atomic E-state index is 12.8. The lowest BCUT2D eigenvalue weighted by molar-refractivity contribution is 0.601. The molecule has 0 amide bonds. The van der Waals surface area contributed by atoms with E-state index in [0.717, 1.165) is 12.1 Å². The molecule has 4 nitrogen and oxygen atoms in total. The lowest BCUT2D eigenvalue weighted by Gasteiger charge is -2.08. The third-order valence-electron chi connectivity index (χ3n) is 2.47. The van der Waals surface area contributed by atoms with Gasteiger partial charge in [0.1, 0.15) is 11.9 Å². The van der Waals surface area contributed by atoms with Crippen LogP contribution >= 0.6 is 11.6 Å². The number of nitriles is 1. The van der Waals surface area contributed by atoms with E-state index >= 15 is 0 Å². The van der Waals surface area contributed by atoms with Crippen molar-refractivity contribution >= 4 is 27.3 Å². The van der Waals surface area contributed by atoms with Gasteiger partial charge in [-0.15, -0.1) is 0 Å². The summed E-state index contributed by atoms with van der Waals surface area (Å²) in [6, 6.07) is 10.5. The second kappa shape index (κ2) is 5.49. The van der Waals surface area contributed by atoms with Gasteiger partial charge < -0.3 is 0 Å². The highest BCUT2D eigenvalue weighted by Gasteiger charge is 2.15. The largest absolute Gasteiger partial charge is 0.280 e. The summed E-state index contributed by atoms with van der Waals surface area (Å²) in [4.78, 5) is -0.0779. The zero-order valence-electron chi connectivity index (χ0n) is 9.97. The Morgan fingerprint density at radius 2 is 1.80 bits per heavy atom. The van der Waals surface area contributed by atoms with E-state index in [1.807, 2.05) is 6.07 Å². The van der Waals surface area contributed by atoms with Gasteiger partial charge in [0.15, 0.2) is 0 Å². The van der Waals surface area contributed by atoms with Gasteiger partial charge in [0.25, 0.3) is 10.0 Å². The molecule has 1 N–H and O–H groups in total. The average molecular weight is 311 g/mol. The van der Waals surface area contributed by atoms with Crippen molar-refractivity contribution in [2.75, 3.05) is 4.72 Å². The Hall–Kier alpha value is -2.10. The second-order valence-electron chi connectivity index (χ2n) is 3.87. The quantitative estimate of drug-likeness (QED) is 0.946. The average Bonchev–Trinajstić information content (AvgIpc) is 2.41.